The summed E-state index contributed by atoms with van der Waals surface area (Å²) >= 11 is 0. The maximum atomic E-state index is 11.6. The summed E-state index contributed by atoms with van der Waals surface area (Å²) in [5, 5.41) is 0. The Balaban J connectivity index is 3.70. The molecule has 0 rings (SSSR count). The normalized spacial score (nSPS) is 14.4. The predicted molar refractivity (Wildman–Crippen MR) is 68.8 cm³/mol. The Morgan fingerprint density at radius 3 is 2.35 bits per heavy atom. The van der Waals surface area contributed by atoms with Gasteiger partial charge in [0.05, 0.1) is 12.7 Å². The average Bonchev–Trinajstić information content (AvgIpc) is 2.33. The molecule has 0 heterocycles. The van der Waals surface area contributed by atoms with E-state index in [1.165, 1.54) is 0 Å². The summed E-state index contributed by atoms with van der Waals surface area (Å²) in [5.41, 5.74) is 5.76. The zero-order chi connectivity index (χ0) is 13.1. The van der Waals surface area contributed by atoms with Crippen LogP contribution in [-0.2, 0) is 14.3 Å². The lowest BCUT2D eigenvalue weighted by molar-refractivity contribution is -0.148. The largest absolute Gasteiger partial charge is 0.464 e. The van der Waals surface area contributed by atoms with E-state index >= 15 is 0 Å². The minimum absolute atomic E-state index is 0.278. The molecule has 0 aliphatic carbocycles. The second-order valence-corrected chi connectivity index (χ2v) is 4.33. The van der Waals surface area contributed by atoms with Crippen molar-refractivity contribution in [3.8, 4) is 0 Å². The van der Waals surface area contributed by atoms with Gasteiger partial charge in [-0.05, 0) is 19.8 Å². The van der Waals surface area contributed by atoms with Gasteiger partial charge in [-0.25, -0.2) is 0 Å². The van der Waals surface area contributed by atoms with Gasteiger partial charge >= 0.3 is 5.97 Å². The molecule has 102 valence electrons. The molecule has 0 fully saturated rings. The summed E-state index contributed by atoms with van der Waals surface area (Å²) in [6.45, 7) is 7.12. The van der Waals surface area contributed by atoms with Crippen molar-refractivity contribution < 1.29 is 14.3 Å². The number of nitrogens with two attached hydrogens (primary N) is 1. The first kappa shape index (κ1) is 16.4. The number of ether oxygens (including phenoxy) is 2. The van der Waals surface area contributed by atoms with Gasteiger partial charge in [0.15, 0.2) is 0 Å². The molecule has 0 spiro atoms. The van der Waals surface area contributed by atoms with Crippen molar-refractivity contribution in [1.29, 1.82) is 0 Å². The second-order valence-electron chi connectivity index (χ2n) is 4.33. The van der Waals surface area contributed by atoms with Crippen LogP contribution in [0.25, 0.3) is 0 Å². The molecular weight excluding hydrogens is 218 g/mol. The molecule has 0 aliphatic rings. The van der Waals surface area contributed by atoms with Gasteiger partial charge < -0.3 is 15.2 Å². The zero-order valence-corrected chi connectivity index (χ0v) is 11.4. The number of hydrogen-bond acceptors (Lipinski definition) is 4. The van der Waals surface area contributed by atoms with Crippen LogP contribution in [0.5, 0.6) is 0 Å². The highest BCUT2D eigenvalue weighted by Gasteiger charge is 2.22. The van der Waals surface area contributed by atoms with Gasteiger partial charge in [0.1, 0.15) is 6.04 Å². The molecule has 0 aromatic heterocycles. The third-order valence-corrected chi connectivity index (χ3v) is 2.65. The highest BCUT2D eigenvalue weighted by Crippen LogP contribution is 2.02. The average molecular weight is 245 g/mol. The van der Waals surface area contributed by atoms with Crippen molar-refractivity contribution in [3.63, 3.8) is 0 Å². The summed E-state index contributed by atoms with van der Waals surface area (Å²) in [5.74, 6) is -0.356. The molecule has 17 heavy (non-hydrogen) atoms. The first-order valence-corrected chi connectivity index (χ1v) is 6.67. The van der Waals surface area contributed by atoms with Crippen LogP contribution in [0.4, 0.5) is 0 Å². The predicted octanol–water partition coefficient (Wildman–Crippen LogP) is 2.25. The van der Waals surface area contributed by atoms with Crippen molar-refractivity contribution in [3.05, 3.63) is 0 Å². The maximum Gasteiger partial charge on any atom is 0.325 e. The van der Waals surface area contributed by atoms with Gasteiger partial charge in [-0.15, -0.1) is 0 Å². The van der Waals surface area contributed by atoms with Crippen LogP contribution in [0, 0.1) is 0 Å². The SMILES string of the molecule is CCCCCOC(=O)[C@@H](N)C(C)OCCCC. The summed E-state index contributed by atoms with van der Waals surface area (Å²) in [7, 11) is 0. The first-order chi connectivity index (χ1) is 8.13. The van der Waals surface area contributed by atoms with E-state index in [-0.39, 0.29) is 12.1 Å². The van der Waals surface area contributed by atoms with E-state index in [1.54, 1.807) is 0 Å². The topological polar surface area (TPSA) is 61.5 Å². The molecule has 2 N–H and O–H groups in total. The number of carbonyl (C=O) groups is 1. The van der Waals surface area contributed by atoms with Gasteiger partial charge in [-0.1, -0.05) is 33.1 Å². The van der Waals surface area contributed by atoms with E-state index < -0.39 is 6.04 Å². The van der Waals surface area contributed by atoms with Crippen LogP contribution in [0.2, 0.25) is 0 Å². The quantitative estimate of drug-likeness (QED) is 0.473. The third kappa shape index (κ3) is 8.16. The van der Waals surface area contributed by atoms with Crippen molar-refractivity contribution in [2.75, 3.05) is 13.2 Å². The number of rotatable bonds is 10. The van der Waals surface area contributed by atoms with E-state index in [9.17, 15) is 4.79 Å². The van der Waals surface area contributed by atoms with E-state index in [0.717, 1.165) is 32.1 Å². The zero-order valence-electron chi connectivity index (χ0n) is 11.4. The molecule has 0 aromatic carbocycles. The first-order valence-electron chi connectivity index (χ1n) is 6.67. The fraction of sp³-hybridized carbons (Fsp3) is 0.923. The van der Waals surface area contributed by atoms with Gasteiger partial charge in [0.25, 0.3) is 0 Å². The summed E-state index contributed by atoms with van der Waals surface area (Å²) < 4.78 is 10.6. The van der Waals surface area contributed by atoms with Crippen LogP contribution < -0.4 is 5.73 Å². The standard InChI is InChI=1S/C13H27NO3/c1-4-6-8-10-17-13(15)12(14)11(3)16-9-7-5-2/h11-12H,4-10,14H2,1-3H3/t11?,12-/m0/s1. The number of esters is 1. The minimum atomic E-state index is -0.673. The summed E-state index contributed by atoms with van der Waals surface area (Å²) in [6, 6.07) is -0.673. The molecule has 0 amide bonds. The van der Waals surface area contributed by atoms with Crippen LogP contribution >= 0.6 is 0 Å². The van der Waals surface area contributed by atoms with E-state index in [0.29, 0.717) is 13.2 Å². The number of carbonyl (C=O) groups excluding carboxylic acids is 1. The van der Waals surface area contributed by atoms with E-state index in [4.69, 9.17) is 15.2 Å². The molecule has 0 radical (unpaired) electrons. The Kier molecular flexibility index (Phi) is 10.2. The monoisotopic (exact) mass is 245 g/mol. The lowest BCUT2D eigenvalue weighted by atomic mass is 10.2. The third-order valence-electron chi connectivity index (χ3n) is 2.65. The van der Waals surface area contributed by atoms with Crippen molar-refractivity contribution >= 4 is 5.97 Å². The van der Waals surface area contributed by atoms with Gasteiger partial charge in [0, 0.05) is 6.61 Å². The van der Waals surface area contributed by atoms with Crippen LogP contribution in [0.15, 0.2) is 0 Å². The molecule has 0 saturated heterocycles. The minimum Gasteiger partial charge on any atom is -0.464 e. The molecule has 0 bridgehead atoms. The van der Waals surface area contributed by atoms with Crippen molar-refractivity contribution in [2.24, 2.45) is 5.73 Å². The fourth-order valence-corrected chi connectivity index (χ4v) is 1.33. The molecule has 4 heteroatoms. The highest BCUT2D eigenvalue weighted by atomic mass is 16.5. The van der Waals surface area contributed by atoms with E-state index in [1.807, 2.05) is 6.92 Å². The Morgan fingerprint density at radius 2 is 1.76 bits per heavy atom. The maximum absolute atomic E-state index is 11.6. The van der Waals surface area contributed by atoms with Crippen LogP contribution in [0.3, 0.4) is 0 Å². The Bertz CT molecular complexity index is 197. The van der Waals surface area contributed by atoms with Crippen LogP contribution in [-0.4, -0.2) is 31.3 Å². The summed E-state index contributed by atoms with van der Waals surface area (Å²) in [4.78, 5) is 11.6. The number of hydrogen-bond donors (Lipinski definition) is 1. The molecule has 0 saturated carbocycles. The fourth-order valence-electron chi connectivity index (χ4n) is 1.33. The molecule has 0 aliphatic heterocycles. The second kappa shape index (κ2) is 10.5. The van der Waals surface area contributed by atoms with E-state index in [2.05, 4.69) is 13.8 Å². The molecule has 0 aromatic rings. The molecule has 1 unspecified atom stereocenters. The summed E-state index contributed by atoms with van der Waals surface area (Å²) in [6.07, 6.45) is 4.87. The number of unbranched alkanes of at least 4 members (excludes halogenated alkanes) is 3. The molecule has 4 nitrogen and oxygen atoms in total. The lowest BCUT2D eigenvalue weighted by Crippen LogP contribution is -2.43. The van der Waals surface area contributed by atoms with Gasteiger partial charge in [-0.3, -0.25) is 4.79 Å². The Morgan fingerprint density at radius 1 is 1.12 bits per heavy atom. The van der Waals surface area contributed by atoms with Gasteiger partial charge in [0.2, 0.25) is 0 Å². The lowest BCUT2D eigenvalue weighted by Gasteiger charge is -2.19. The molecular formula is C13H27NO3. The van der Waals surface area contributed by atoms with Crippen molar-refractivity contribution in [2.45, 2.75) is 65.0 Å². The smallest absolute Gasteiger partial charge is 0.325 e. The van der Waals surface area contributed by atoms with Crippen molar-refractivity contribution in [1.82, 2.24) is 0 Å². The molecule has 2 atom stereocenters. The van der Waals surface area contributed by atoms with Gasteiger partial charge in [-0.2, -0.15) is 0 Å². The van der Waals surface area contributed by atoms with Crippen LogP contribution in [0.1, 0.15) is 52.9 Å². The Labute approximate surface area is 105 Å². The highest BCUT2D eigenvalue weighted by molar-refractivity contribution is 5.76. The Hall–Kier alpha value is -0.610.